The van der Waals surface area contributed by atoms with Crippen molar-refractivity contribution in [2.45, 2.75) is 71.2 Å². The molecule has 0 aliphatic heterocycles. The average Bonchev–Trinajstić information content (AvgIpc) is 2.99. The molecule has 4 rings (SSSR count). The number of allylic oxidation sites excluding steroid dienone is 1. The van der Waals surface area contributed by atoms with Gasteiger partial charge in [0.25, 0.3) is 0 Å². The number of ketones is 2. The largest absolute Gasteiger partial charge is 0.393 e. The zero-order valence-corrected chi connectivity index (χ0v) is 17.6. The molecule has 0 aromatic rings. The van der Waals surface area contributed by atoms with Crippen molar-refractivity contribution < 1.29 is 24.2 Å². The molecule has 0 spiro atoms. The lowest BCUT2D eigenvalue weighted by Crippen LogP contribution is -2.57. The molecular formula is C23H34O5. The highest BCUT2D eigenvalue weighted by molar-refractivity contribution is 5.91. The molecular weight excluding hydrogens is 356 g/mol. The van der Waals surface area contributed by atoms with Gasteiger partial charge in [-0.1, -0.05) is 19.4 Å². The Balaban J connectivity index is 1.65. The van der Waals surface area contributed by atoms with Crippen molar-refractivity contribution in [1.29, 1.82) is 0 Å². The second-order valence-electron chi connectivity index (χ2n) is 10.0. The monoisotopic (exact) mass is 390 g/mol. The average molecular weight is 391 g/mol. The molecule has 3 saturated carbocycles. The Labute approximate surface area is 167 Å². The van der Waals surface area contributed by atoms with Crippen LogP contribution in [-0.4, -0.2) is 43.3 Å². The quantitative estimate of drug-likeness (QED) is 0.746. The minimum atomic E-state index is -0.821. The molecule has 1 N–H and O–H groups in total. The Kier molecular flexibility index (Phi) is 5.08. The van der Waals surface area contributed by atoms with Gasteiger partial charge in [0.05, 0.1) is 6.10 Å². The van der Waals surface area contributed by atoms with Gasteiger partial charge in [0.15, 0.2) is 11.6 Å². The highest BCUT2D eigenvalue weighted by atomic mass is 16.7. The van der Waals surface area contributed by atoms with Crippen molar-refractivity contribution in [2.24, 2.45) is 34.5 Å². The van der Waals surface area contributed by atoms with Gasteiger partial charge in [-0.25, -0.2) is 0 Å². The van der Waals surface area contributed by atoms with Gasteiger partial charge in [0.2, 0.25) is 6.29 Å². The van der Waals surface area contributed by atoms with Gasteiger partial charge >= 0.3 is 0 Å². The van der Waals surface area contributed by atoms with Gasteiger partial charge in [0.1, 0.15) is 0 Å². The van der Waals surface area contributed by atoms with Crippen LogP contribution >= 0.6 is 0 Å². The topological polar surface area (TPSA) is 72.8 Å². The van der Waals surface area contributed by atoms with E-state index < -0.39 is 12.4 Å². The van der Waals surface area contributed by atoms with Crippen LogP contribution in [0, 0.1) is 34.5 Å². The molecule has 0 unspecified atom stereocenters. The molecule has 156 valence electrons. The number of methoxy groups -OCH3 is 2. The summed E-state index contributed by atoms with van der Waals surface area (Å²) in [5.74, 6) is 1.15. The normalized spacial score (nSPS) is 45.3. The molecule has 0 aromatic heterocycles. The number of fused-ring (bicyclic) bond motifs is 5. The summed E-state index contributed by atoms with van der Waals surface area (Å²) < 4.78 is 10.5. The van der Waals surface area contributed by atoms with E-state index in [2.05, 4.69) is 13.8 Å². The Morgan fingerprint density at radius 2 is 1.89 bits per heavy atom. The minimum absolute atomic E-state index is 0.0199. The number of Topliss-reactive ketones (excluding diaryl/α,β-unsaturated/α-hetero) is 1. The zero-order chi connectivity index (χ0) is 20.3. The highest BCUT2D eigenvalue weighted by Gasteiger charge is 2.63. The molecule has 0 saturated heterocycles. The first kappa shape index (κ1) is 20.2. The van der Waals surface area contributed by atoms with Crippen LogP contribution in [0.2, 0.25) is 0 Å². The summed E-state index contributed by atoms with van der Waals surface area (Å²) in [7, 11) is 3.01. The first-order valence-electron chi connectivity index (χ1n) is 10.8. The molecule has 5 nitrogen and oxygen atoms in total. The Morgan fingerprint density at radius 1 is 1.18 bits per heavy atom. The van der Waals surface area contributed by atoms with Crippen molar-refractivity contribution >= 4 is 11.6 Å². The predicted octanol–water partition coefficient (Wildman–Crippen LogP) is 3.29. The molecule has 7 atom stereocenters. The van der Waals surface area contributed by atoms with Gasteiger partial charge in [0, 0.05) is 26.6 Å². The Bertz CT molecular complexity index is 695. The molecule has 0 amide bonds. The van der Waals surface area contributed by atoms with Crippen LogP contribution in [0.1, 0.15) is 58.8 Å². The number of carbonyl (C=O) groups excluding carboxylic acids is 2. The van der Waals surface area contributed by atoms with Crippen molar-refractivity contribution in [3.63, 3.8) is 0 Å². The van der Waals surface area contributed by atoms with E-state index in [0.29, 0.717) is 24.7 Å². The van der Waals surface area contributed by atoms with Crippen molar-refractivity contribution in [2.75, 3.05) is 14.2 Å². The van der Waals surface area contributed by atoms with E-state index in [1.807, 2.05) is 6.08 Å². The van der Waals surface area contributed by atoms with E-state index >= 15 is 0 Å². The summed E-state index contributed by atoms with van der Waals surface area (Å²) in [4.78, 5) is 25.1. The molecule has 0 bridgehead atoms. The predicted molar refractivity (Wildman–Crippen MR) is 104 cm³/mol. The third-order valence-corrected chi connectivity index (χ3v) is 8.90. The molecule has 0 radical (unpaired) electrons. The van der Waals surface area contributed by atoms with Gasteiger partial charge < -0.3 is 14.6 Å². The molecule has 4 aliphatic rings. The summed E-state index contributed by atoms with van der Waals surface area (Å²) in [5.41, 5.74) is 0.952. The van der Waals surface area contributed by atoms with Gasteiger partial charge in [-0.15, -0.1) is 0 Å². The Morgan fingerprint density at radius 3 is 2.57 bits per heavy atom. The number of ether oxygens (including phenoxy) is 2. The molecule has 4 aliphatic carbocycles. The first-order valence-corrected chi connectivity index (χ1v) is 10.8. The van der Waals surface area contributed by atoms with E-state index in [1.54, 1.807) is 0 Å². The van der Waals surface area contributed by atoms with Gasteiger partial charge in [-0.3, -0.25) is 9.59 Å². The van der Waals surface area contributed by atoms with E-state index in [-0.39, 0.29) is 34.2 Å². The number of carbonyl (C=O) groups is 2. The minimum Gasteiger partial charge on any atom is -0.393 e. The number of hydrogen-bond donors (Lipinski definition) is 1. The van der Waals surface area contributed by atoms with Crippen LogP contribution in [0.4, 0.5) is 0 Å². The Hall–Kier alpha value is -1.04. The number of rotatable bonds is 4. The highest BCUT2D eigenvalue weighted by Crippen LogP contribution is 2.66. The third-order valence-electron chi connectivity index (χ3n) is 8.90. The fraction of sp³-hybridized carbons (Fsp3) is 0.826. The first-order chi connectivity index (χ1) is 13.3. The fourth-order valence-corrected chi connectivity index (χ4v) is 7.65. The van der Waals surface area contributed by atoms with E-state index in [4.69, 9.17) is 9.47 Å². The number of hydrogen-bond acceptors (Lipinski definition) is 5. The maximum absolute atomic E-state index is 13.1. The summed E-state index contributed by atoms with van der Waals surface area (Å²) in [6, 6.07) is 0. The van der Waals surface area contributed by atoms with Crippen LogP contribution in [0.15, 0.2) is 11.6 Å². The van der Waals surface area contributed by atoms with Crippen LogP contribution < -0.4 is 0 Å². The van der Waals surface area contributed by atoms with Crippen LogP contribution in [0.3, 0.4) is 0 Å². The van der Waals surface area contributed by atoms with Gasteiger partial charge in [-0.2, -0.15) is 0 Å². The summed E-state index contributed by atoms with van der Waals surface area (Å²) >= 11 is 0. The molecule has 28 heavy (non-hydrogen) atoms. The van der Waals surface area contributed by atoms with Gasteiger partial charge in [-0.05, 0) is 73.2 Å². The lowest BCUT2D eigenvalue weighted by Gasteiger charge is -2.59. The lowest BCUT2D eigenvalue weighted by atomic mass is 9.46. The molecule has 0 heterocycles. The number of aliphatic hydroxyl groups is 1. The van der Waals surface area contributed by atoms with Crippen molar-refractivity contribution in [1.82, 2.24) is 0 Å². The maximum atomic E-state index is 13.1. The van der Waals surface area contributed by atoms with Crippen LogP contribution in [0.5, 0.6) is 0 Å². The van der Waals surface area contributed by atoms with E-state index in [9.17, 15) is 14.7 Å². The van der Waals surface area contributed by atoms with Crippen molar-refractivity contribution in [3.05, 3.63) is 11.6 Å². The summed E-state index contributed by atoms with van der Waals surface area (Å²) in [6.07, 6.45) is 6.50. The van der Waals surface area contributed by atoms with Crippen LogP contribution in [0.25, 0.3) is 0 Å². The maximum Gasteiger partial charge on any atom is 0.217 e. The van der Waals surface area contributed by atoms with E-state index in [1.165, 1.54) is 19.8 Å². The van der Waals surface area contributed by atoms with Crippen LogP contribution in [-0.2, 0) is 19.1 Å². The summed E-state index contributed by atoms with van der Waals surface area (Å²) in [6.45, 7) is 4.46. The lowest BCUT2D eigenvalue weighted by molar-refractivity contribution is -0.172. The zero-order valence-electron chi connectivity index (χ0n) is 17.6. The second kappa shape index (κ2) is 7.03. The molecule has 0 aromatic carbocycles. The third kappa shape index (κ3) is 2.77. The van der Waals surface area contributed by atoms with Crippen molar-refractivity contribution in [3.8, 4) is 0 Å². The standard InChI is InChI=1S/C23H34O5/c1-22-10-9-14(24)11-13(22)5-6-15-16-7-8-17(20(26)21(27-3)28-4)23(16,2)12-18(25)19(15)22/h11,15-19,21,25H,5-10,12H2,1-4H3/t15-,16-,17+,18-,19+,22+,23-/m1/s1. The number of aliphatic hydroxyl groups excluding tert-OH is 1. The smallest absolute Gasteiger partial charge is 0.217 e. The fourth-order valence-electron chi connectivity index (χ4n) is 7.65. The summed E-state index contributed by atoms with van der Waals surface area (Å²) in [5, 5.41) is 11.4. The van der Waals surface area contributed by atoms with E-state index in [0.717, 1.165) is 32.1 Å². The molecule has 3 fully saturated rings. The second-order valence-corrected chi connectivity index (χ2v) is 10.0. The molecule has 5 heteroatoms. The SMILES string of the molecule is COC(OC)C(=O)[C@@H]1CC[C@@H]2[C@H]3CCC4=CC(=O)CC[C@]4(C)[C@@H]3[C@H](O)C[C@]21C.